The van der Waals surface area contributed by atoms with E-state index in [4.69, 9.17) is 14.2 Å². The number of likely N-dealkylation sites (N-methyl/N-ethyl adjacent to an activating group) is 1. The normalized spacial score (nSPS) is 14.5. The molecule has 3 heterocycles. The molecule has 2 aliphatic rings. The van der Waals surface area contributed by atoms with E-state index in [2.05, 4.69) is 15.2 Å². The lowest BCUT2D eigenvalue weighted by molar-refractivity contribution is -0.137. The first-order chi connectivity index (χ1) is 22.6. The van der Waals surface area contributed by atoms with Crippen molar-refractivity contribution >= 4 is 23.2 Å². The van der Waals surface area contributed by atoms with Crippen molar-refractivity contribution in [2.75, 3.05) is 56.8 Å². The Labute approximate surface area is 269 Å². The van der Waals surface area contributed by atoms with E-state index in [0.717, 1.165) is 66.6 Å². The molecule has 0 saturated carbocycles. The fraction of sp³-hybridized carbons (Fsp3) is 0.265. The molecular weight excluding hydrogens is 615 g/mol. The first kappa shape index (κ1) is 31.7. The van der Waals surface area contributed by atoms with E-state index >= 15 is 0 Å². The van der Waals surface area contributed by atoms with Gasteiger partial charge < -0.3 is 29.3 Å². The maximum atomic E-state index is 13.0. The Hall–Kier alpha value is -5.30. The van der Waals surface area contributed by atoms with Crippen LogP contribution in [0.25, 0.3) is 0 Å². The number of hydrogen-bond acceptors (Lipinski definition) is 8. The number of alkyl halides is 3. The molecule has 0 atom stereocenters. The minimum atomic E-state index is -4.47. The quantitative estimate of drug-likeness (QED) is 0.249. The highest BCUT2D eigenvalue weighted by Crippen LogP contribution is 2.33. The molecule has 13 heteroatoms. The summed E-state index contributed by atoms with van der Waals surface area (Å²) in [6.45, 7) is 4.18. The smallest absolute Gasteiger partial charge is 0.416 e. The molecule has 3 aromatic carbocycles. The number of ether oxygens (including phenoxy) is 3. The van der Waals surface area contributed by atoms with Crippen molar-refractivity contribution < 1.29 is 37.0 Å². The van der Waals surface area contributed by atoms with Gasteiger partial charge >= 0.3 is 6.18 Å². The molecule has 6 rings (SSSR count). The van der Waals surface area contributed by atoms with Gasteiger partial charge in [0.25, 0.3) is 5.91 Å². The van der Waals surface area contributed by atoms with Crippen LogP contribution in [0.1, 0.15) is 21.5 Å². The molecule has 0 bridgehead atoms. The standard InChI is InChI=1S/C34H32F3N5O5/c1-40(21-32(43)42-16-14-41(15-17-42)20-23-2-12-29-30(18-23)46-22-45-29)27-8-10-28(11-9-27)47-31-13-7-26(19-38-31)39-33(44)24-3-5-25(6-4-24)34(35,36)37/h2-13,18-19H,14-17,20-22H2,1H3,(H,39,44). The molecule has 1 N–H and O–H groups in total. The van der Waals surface area contributed by atoms with E-state index in [0.29, 0.717) is 24.5 Å². The summed E-state index contributed by atoms with van der Waals surface area (Å²) in [4.78, 5) is 35.8. The number of carbonyl (C=O) groups excluding carboxylic acids is 2. The number of fused-ring (bicyclic) bond motifs is 1. The number of nitrogens with zero attached hydrogens (tertiary/aromatic N) is 4. The van der Waals surface area contributed by atoms with E-state index in [-0.39, 0.29) is 30.7 Å². The summed E-state index contributed by atoms with van der Waals surface area (Å²) in [5.41, 5.74) is 1.61. The maximum absolute atomic E-state index is 13.0. The molecule has 0 aliphatic carbocycles. The van der Waals surface area contributed by atoms with Crippen molar-refractivity contribution in [3.8, 4) is 23.1 Å². The van der Waals surface area contributed by atoms with Gasteiger partial charge in [-0.2, -0.15) is 13.2 Å². The van der Waals surface area contributed by atoms with Crippen molar-refractivity contribution in [2.24, 2.45) is 0 Å². The zero-order valence-corrected chi connectivity index (χ0v) is 25.5. The number of halogens is 3. The van der Waals surface area contributed by atoms with E-state index in [1.807, 2.05) is 47.2 Å². The number of nitrogens with one attached hydrogen (secondary N) is 1. The van der Waals surface area contributed by atoms with Crippen molar-refractivity contribution in [2.45, 2.75) is 12.7 Å². The second-order valence-corrected chi connectivity index (χ2v) is 11.2. The lowest BCUT2D eigenvalue weighted by atomic mass is 10.1. The summed E-state index contributed by atoms with van der Waals surface area (Å²) in [6.07, 6.45) is -3.08. The van der Waals surface area contributed by atoms with Gasteiger partial charge in [-0.1, -0.05) is 6.07 Å². The molecule has 0 radical (unpaired) electrons. The molecule has 244 valence electrons. The molecular formula is C34H32F3N5O5. The Morgan fingerprint density at radius 2 is 1.64 bits per heavy atom. The molecule has 2 amide bonds. The monoisotopic (exact) mass is 647 g/mol. The first-order valence-corrected chi connectivity index (χ1v) is 14.9. The third-order valence-corrected chi connectivity index (χ3v) is 7.91. The van der Waals surface area contributed by atoms with Crippen LogP contribution in [0.2, 0.25) is 0 Å². The van der Waals surface area contributed by atoms with Crippen LogP contribution < -0.4 is 24.4 Å². The molecule has 10 nitrogen and oxygen atoms in total. The SMILES string of the molecule is CN(CC(=O)N1CCN(Cc2ccc3c(c2)OCO3)CC1)c1ccc(Oc2ccc(NC(=O)c3ccc(C(F)(F)F)cc3)cn2)cc1. The van der Waals surface area contributed by atoms with E-state index < -0.39 is 17.6 Å². The predicted octanol–water partition coefficient (Wildman–Crippen LogP) is 5.65. The van der Waals surface area contributed by atoms with Crippen LogP contribution in [0.5, 0.6) is 23.1 Å². The Morgan fingerprint density at radius 3 is 2.32 bits per heavy atom. The fourth-order valence-corrected chi connectivity index (χ4v) is 5.26. The van der Waals surface area contributed by atoms with Gasteiger partial charge in [0.05, 0.1) is 24.0 Å². The number of rotatable bonds is 9. The summed E-state index contributed by atoms with van der Waals surface area (Å²) in [5.74, 6) is 1.85. The average molecular weight is 648 g/mol. The van der Waals surface area contributed by atoms with Crippen LogP contribution in [0.3, 0.4) is 0 Å². The largest absolute Gasteiger partial charge is 0.454 e. The first-order valence-electron chi connectivity index (χ1n) is 14.9. The third-order valence-electron chi connectivity index (χ3n) is 7.91. The van der Waals surface area contributed by atoms with Crippen molar-refractivity contribution in [3.63, 3.8) is 0 Å². The zero-order valence-electron chi connectivity index (χ0n) is 25.5. The van der Waals surface area contributed by atoms with Crippen molar-refractivity contribution in [3.05, 3.63) is 102 Å². The minimum absolute atomic E-state index is 0.0604. The molecule has 47 heavy (non-hydrogen) atoms. The Kier molecular flexibility index (Phi) is 9.16. The maximum Gasteiger partial charge on any atom is 0.416 e. The van der Waals surface area contributed by atoms with E-state index in [1.54, 1.807) is 24.3 Å². The Balaban J connectivity index is 0.944. The van der Waals surface area contributed by atoms with Gasteiger partial charge in [-0.15, -0.1) is 0 Å². The minimum Gasteiger partial charge on any atom is -0.454 e. The van der Waals surface area contributed by atoms with Gasteiger partial charge in [0.1, 0.15) is 5.75 Å². The molecule has 2 aliphatic heterocycles. The van der Waals surface area contributed by atoms with Gasteiger partial charge in [-0.05, 0) is 72.3 Å². The lowest BCUT2D eigenvalue weighted by Crippen LogP contribution is -2.50. The summed E-state index contributed by atoms with van der Waals surface area (Å²) in [7, 11) is 1.86. The molecule has 1 fully saturated rings. The van der Waals surface area contributed by atoms with Gasteiger partial charge in [-0.25, -0.2) is 4.98 Å². The number of amides is 2. The van der Waals surface area contributed by atoms with Crippen molar-refractivity contribution in [1.82, 2.24) is 14.8 Å². The van der Waals surface area contributed by atoms with Crippen molar-refractivity contribution in [1.29, 1.82) is 0 Å². The van der Waals surface area contributed by atoms with Crippen LogP contribution in [-0.4, -0.2) is 73.2 Å². The highest BCUT2D eigenvalue weighted by atomic mass is 19.4. The third kappa shape index (κ3) is 7.93. The second kappa shape index (κ2) is 13.6. The van der Waals surface area contributed by atoms with Gasteiger partial charge in [0.2, 0.25) is 18.6 Å². The van der Waals surface area contributed by atoms with Crippen LogP contribution >= 0.6 is 0 Å². The summed E-state index contributed by atoms with van der Waals surface area (Å²) in [5, 5.41) is 2.60. The van der Waals surface area contributed by atoms with Gasteiger partial charge in [0, 0.05) is 57.1 Å². The van der Waals surface area contributed by atoms with Gasteiger partial charge in [0.15, 0.2) is 11.5 Å². The summed E-state index contributed by atoms with van der Waals surface area (Å²) >= 11 is 0. The molecule has 4 aromatic rings. The topological polar surface area (TPSA) is 96.5 Å². The summed E-state index contributed by atoms with van der Waals surface area (Å²) in [6, 6.07) is 20.3. The number of pyridine rings is 1. The predicted molar refractivity (Wildman–Crippen MR) is 168 cm³/mol. The molecule has 0 spiro atoms. The van der Waals surface area contributed by atoms with E-state index in [9.17, 15) is 22.8 Å². The number of hydrogen-bond donors (Lipinski definition) is 1. The highest BCUT2D eigenvalue weighted by molar-refractivity contribution is 6.04. The second-order valence-electron chi connectivity index (χ2n) is 11.2. The highest BCUT2D eigenvalue weighted by Gasteiger charge is 2.30. The van der Waals surface area contributed by atoms with E-state index in [1.165, 1.54) is 6.20 Å². The lowest BCUT2D eigenvalue weighted by Gasteiger charge is -2.35. The zero-order chi connectivity index (χ0) is 33.0. The Bertz CT molecular complexity index is 1710. The average Bonchev–Trinajstić information content (AvgIpc) is 3.54. The Morgan fingerprint density at radius 1 is 0.915 bits per heavy atom. The number of anilines is 2. The molecule has 1 saturated heterocycles. The van der Waals surface area contributed by atoms with Gasteiger partial charge in [-0.3, -0.25) is 14.5 Å². The van der Waals surface area contributed by atoms with Crippen LogP contribution in [0, 0.1) is 0 Å². The number of benzene rings is 3. The number of piperazine rings is 1. The molecule has 1 aromatic heterocycles. The fourth-order valence-electron chi connectivity index (χ4n) is 5.26. The number of aromatic nitrogens is 1. The van der Waals surface area contributed by atoms with Crippen LogP contribution in [0.4, 0.5) is 24.5 Å². The van der Waals surface area contributed by atoms with Crippen LogP contribution in [-0.2, 0) is 17.5 Å². The molecule has 0 unspecified atom stereocenters. The summed E-state index contributed by atoms with van der Waals surface area (Å²) < 4.78 is 55.0. The number of carbonyl (C=O) groups is 2. The van der Waals surface area contributed by atoms with Crippen LogP contribution in [0.15, 0.2) is 85.1 Å².